The van der Waals surface area contributed by atoms with E-state index in [9.17, 15) is 5.11 Å². The number of hydrogen-bond donors (Lipinski definition) is 1. The molecule has 1 rings (SSSR count). The molecular weight excluding hydrogens is 336 g/mol. The Morgan fingerprint density at radius 2 is 1.41 bits per heavy atom. The number of rotatable bonds is 20. The summed E-state index contributed by atoms with van der Waals surface area (Å²) in [6.45, 7) is 4.82. The average molecular weight is 385 g/mol. The van der Waals surface area contributed by atoms with Crippen molar-refractivity contribution in [3.8, 4) is 0 Å². The molecule has 1 aliphatic heterocycles. The summed E-state index contributed by atoms with van der Waals surface area (Å²) >= 11 is 0. The SMILES string of the molecule is CCCCCCCCCCCCCCCCC(CO)COCC1CCCO1. The van der Waals surface area contributed by atoms with E-state index in [1.54, 1.807) is 0 Å². The lowest BCUT2D eigenvalue weighted by atomic mass is 10.0. The van der Waals surface area contributed by atoms with Gasteiger partial charge in [0.1, 0.15) is 0 Å². The fraction of sp³-hybridized carbons (Fsp3) is 1.00. The van der Waals surface area contributed by atoms with E-state index >= 15 is 0 Å². The summed E-state index contributed by atoms with van der Waals surface area (Å²) in [4.78, 5) is 0. The van der Waals surface area contributed by atoms with E-state index < -0.39 is 0 Å². The zero-order valence-corrected chi connectivity index (χ0v) is 18.3. The standard InChI is InChI=1S/C24H48O3/c1-2-3-4-5-6-7-8-9-10-11-12-13-14-15-17-23(20-25)21-26-22-24-18-16-19-27-24/h23-25H,2-22H2,1H3. The minimum atomic E-state index is 0.254. The van der Waals surface area contributed by atoms with Crippen LogP contribution in [0.5, 0.6) is 0 Å². The molecule has 0 spiro atoms. The first-order chi connectivity index (χ1) is 13.4. The zero-order chi connectivity index (χ0) is 19.4. The molecule has 1 N–H and O–H groups in total. The van der Waals surface area contributed by atoms with Gasteiger partial charge in [-0.15, -0.1) is 0 Å². The largest absolute Gasteiger partial charge is 0.396 e. The molecule has 0 aromatic carbocycles. The Labute approximate surface area is 169 Å². The Bertz CT molecular complexity index is 289. The molecule has 0 aromatic rings. The highest BCUT2D eigenvalue weighted by atomic mass is 16.5. The minimum Gasteiger partial charge on any atom is -0.396 e. The van der Waals surface area contributed by atoms with Crippen molar-refractivity contribution in [2.24, 2.45) is 5.92 Å². The van der Waals surface area contributed by atoms with Gasteiger partial charge in [0.25, 0.3) is 0 Å². The number of aliphatic hydroxyl groups is 1. The van der Waals surface area contributed by atoms with Crippen LogP contribution in [0.25, 0.3) is 0 Å². The predicted octanol–water partition coefficient (Wildman–Crippen LogP) is 6.66. The van der Waals surface area contributed by atoms with Gasteiger partial charge in [0.2, 0.25) is 0 Å². The van der Waals surface area contributed by atoms with Crippen LogP contribution in [0.15, 0.2) is 0 Å². The lowest BCUT2D eigenvalue weighted by Gasteiger charge is -2.16. The van der Waals surface area contributed by atoms with E-state index in [-0.39, 0.29) is 6.61 Å². The first kappa shape index (κ1) is 24.9. The van der Waals surface area contributed by atoms with Crippen molar-refractivity contribution in [1.82, 2.24) is 0 Å². The second-order valence-electron chi connectivity index (χ2n) is 8.61. The van der Waals surface area contributed by atoms with Crippen LogP contribution in [-0.2, 0) is 9.47 Å². The van der Waals surface area contributed by atoms with Gasteiger partial charge in [-0.05, 0) is 19.3 Å². The summed E-state index contributed by atoms with van der Waals surface area (Å²) in [5, 5.41) is 9.51. The second kappa shape index (κ2) is 19.2. The van der Waals surface area contributed by atoms with Crippen LogP contribution >= 0.6 is 0 Å². The van der Waals surface area contributed by atoms with E-state index in [1.165, 1.54) is 89.9 Å². The minimum absolute atomic E-state index is 0.254. The van der Waals surface area contributed by atoms with Gasteiger partial charge in [0.15, 0.2) is 0 Å². The Morgan fingerprint density at radius 1 is 0.852 bits per heavy atom. The van der Waals surface area contributed by atoms with Crippen molar-refractivity contribution in [3.63, 3.8) is 0 Å². The molecule has 0 amide bonds. The van der Waals surface area contributed by atoms with Crippen LogP contribution in [-0.4, -0.2) is 37.6 Å². The van der Waals surface area contributed by atoms with Crippen molar-refractivity contribution < 1.29 is 14.6 Å². The average Bonchev–Trinajstić information content (AvgIpc) is 3.20. The summed E-state index contributed by atoms with van der Waals surface area (Å²) in [6.07, 6.45) is 23.2. The van der Waals surface area contributed by atoms with Crippen LogP contribution in [0.1, 0.15) is 116 Å². The number of hydrogen-bond acceptors (Lipinski definition) is 3. The maximum atomic E-state index is 9.51. The molecule has 3 heteroatoms. The maximum Gasteiger partial charge on any atom is 0.0809 e. The molecule has 0 saturated carbocycles. The van der Waals surface area contributed by atoms with Gasteiger partial charge in [-0.3, -0.25) is 0 Å². The summed E-state index contributed by atoms with van der Waals surface area (Å²) in [7, 11) is 0. The van der Waals surface area contributed by atoms with Crippen molar-refractivity contribution in [2.45, 2.75) is 122 Å². The highest BCUT2D eigenvalue weighted by molar-refractivity contribution is 4.64. The lowest BCUT2D eigenvalue weighted by molar-refractivity contribution is -0.00344. The van der Waals surface area contributed by atoms with Gasteiger partial charge in [-0.2, -0.15) is 0 Å². The van der Waals surface area contributed by atoms with E-state index in [0.717, 1.165) is 25.9 Å². The van der Waals surface area contributed by atoms with Crippen molar-refractivity contribution >= 4 is 0 Å². The first-order valence-corrected chi connectivity index (χ1v) is 12.2. The van der Waals surface area contributed by atoms with Crippen LogP contribution in [0.4, 0.5) is 0 Å². The molecular formula is C24H48O3. The lowest BCUT2D eigenvalue weighted by Crippen LogP contribution is -2.20. The molecule has 1 fully saturated rings. The third-order valence-electron chi connectivity index (χ3n) is 5.91. The second-order valence-corrected chi connectivity index (χ2v) is 8.61. The maximum absolute atomic E-state index is 9.51. The van der Waals surface area contributed by atoms with Crippen LogP contribution < -0.4 is 0 Å². The van der Waals surface area contributed by atoms with Gasteiger partial charge in [0, 0.05) is 19.1 Å². The van der Waals surface area contributed by atoms with Crippen LogP contribution in [0.3, 0.4) is 0 Å². The fourth-order valence-corrected chi connectivity index (χ4v) is 4.00. The molecule has 3 nitrogen and oxygen atoms in total. The summed E-state index contributed by atoms with van der Waals surface area (Å²) < 4.78 is 11.3. The van der Waals surface area contributed by atoms with Crippen molar-refractivity contribution in [3.05, 3.63) is 0 Å². The molecule has 162 valence electrons. The summed E-state index contributed by atoms with van der Waals surface area (Å²) in [5.41, 5.74) is 0. The summed E-state index contributed by atoms with van der Waals surface area (Å²) in [6, 6.07) is 0. The molecule has 27 heavy (non-hydrogen) atoms. The molecule has 2 unspecified atom stereocenters. The van der Waals surface area contributed by atoms with E-state index in [4.69, 9.17) is 9.47 Å². The number of unbranched alkanes of at least 4 members (excludes halogenated alkanes) is 13. The third-order valence-corrected chi connectivity index (χ3v) is 5.91. The normalized spacial score (nSPS) is 18.2. The Hall–Kier alpha value is -0.120. The highest BCUT2D eigenvalue weighted by Gasteiger charge is 2.16. The Morgan fingerprint density at radius 3 is 1.89 bits per heavy atom. The molecule has 1 saturated heterocycles. The highest BCUT2D eigenvalue weighted by Crippen LogP contribution is 2.16. The van der Waals surface area contributed by atoms with Gasteiger partial charge in [0.05, 0.1) is 19.3 Å². The summed E-state index contributed by atoms with van der Waals surface area (Å²) in [5.74, 6) is 0.309. The molecule has 0 aliphatic carbocycles. The molecule has 1 aliphatic rings. The van der Waals surface area contributed by atoms with Gasteiger partial charge < -0.3 is 14.6 Å². The van der Waals surface area contributed by atoms with Gasteiger partial charge >= 0.3 is 0 Å². The van der Waals surface area contributed by atoms with E-state index in [1.807, 2.05) is 0 Å². The van der Waals surface area contributed by atoms with Crippen molar-refractivity contribution in [1.29, 1.82) is 0 Å². The Balaban J connectivity index is 1.77. The van der Waals surface area contributed by atoms with Gasteiger partial charge in [-0.25, -0.2) is 0 Å². The molecule has 0 aromatic heterocycles. The molecule has 0 bridgehead atoms. The molecule has 2 atom stereocenters. The zero-order valence-electron chi connectivity index (χ0n) is 18.3. The van der Waals surface area contributed by atoms with Crippen molar-refractivity contribution in [2.75, 3.05) is 26.4 Å². The topological polar surface area (TPSA) is 38.7 Å². The number of aliphatic hydroxyl groups excluding tert-OH is 1. The number of ether oxygens (including phenoxy) is 2. The molecule has 0 radical (unpaired) electrons. The van der Waals surface area contributed by atoms with E-state index in [2.05, 4.69) is 6.92 Å². The first-order valence-electron chi connectivity index (χ1n) is 12.2. The Kier molecular flexibility index (Phi) is 17.7. The third kappa shape index (κ3) is 15.5. The van der Waals surface area contributed by atoms with Crippen LogP contribution in [0.2, 0.25) is 0 Å². The van der Waals surface area contributed by atoms with E-state index in [0.29, 0.717) is 25.2 Å². The quantitative estimate of drug-likeness (QED) is 0.238. The van der Waals surface area contributed by atoms with Crippen LogP contribution in [0, 0.1) is 5.92 Å². The molecule has 1 heterocycles. The fourth-order valence-electron chi connectivity index (χ4n) is 4.00. The smallest absolute Gasteiger partial charge is 0.0809 e. The monoisotopic (exact) mass is 384 g/mol. The van der Waals surface area contributed by atoms with Gasteiger partial charge in [-0.1, -0.05) is 96.8 Å². The predicted molar refractivity (Wildman–Crippen MR) is 115 cm³/mol.